The van der Waals surface area contributed by atoms with Gasteiger partial charge in [-0.2, -0.15) is 0 Å². The predicted octanol–water partition coefficient (Wildman–Crippen LogP) is 2.25. The Labute approximate surface area is 78.0 Å². The Kier molecular flexibility index (Phi) is 1.70. The lowest BCUT2D eigenvalue weighted by molar-refractivity contribution is 0.939. The zero-order valence-electron chi connectivity index (χ0n) is 6.37. The zero-order valence-corrected chi connectivity index (χ0v) is 7.95. The van der Waals surface area contributed by atoms with Crippen molar-refractivity contribution < 1.29 is 0 Å². The molecule has 0 aliphatic rings. The van der Waals surface area contributed by atoms with Gasteiger partial charge in [-0.15, -0.1) is 0 Å². The second-order valence-corrected chi connectivity index (χ2v) is 3.97. The average molecular weight is 200 g/mol. The summed E-state index contributed by atoms with van der Waals surface area (Å²) in [4.78, 5) is 11.2. The molecule has 12 heavy (non-hydrogen) atoms. The van der Waals surface area contributed by atoms with Crippen LogP contribution < -0.4 is 4.87 Å². The van der Waals surface area contributed by atoms with Crippen LogP contribution in [0.3, 0.4) is 0 Å². The molecule has 1 aromatic carbocycles. The third kappa shape index (κ3) is 1.06. The predicted molar refractivity (Wildman–Crippen MR) is 52.1 cm³/mol. The summed E-state index contributed by atoms with van der Waals surface area (Å²) in [6, 6.07) is 5.46. The number of fused-ring (bicyclic) bond motifs is 1. The summed E-state index contributed by atoms with van der Waals surface area (Å²) in [6.07, 6.45) is 0. The molecule has 0 bridgehead atoms. The van der Waals surface area contributed by atoms with E-state index in [4.69, 9.17) is 11.6 Å². The summed E-state index contributed by atoms with van der Waals surface area (Å²) in [5.74, 6) is 0. The monoisotopic (exact) mass is 199 g/mol. The summed E-state index contributed by atoms with van der Waals surface area (Å²) in [5, 5.41) is 0.663. The van der Waals surface area contributed by atoms with Crippen molar-refractivity contribution >= 4 is 33.2 Å². The van der Waals surface area contributed by atoms with Crippen molar-refractivity contribution in [1.29, 1.82) is 0 Å². The number of hydrogen-bond acceptors (Lipinski definition) is 2. The number of thiazole rings is 1. The van der Waals surface area contributed by atoms with E-state index in [-0.39, 0.29) is 4.87 Å². The van der Waals surface area contributed by atoms with Crippen molar-refractivity contribution in [3.05, 3.63) is 32.9 Å². The smallest absolute Gasteiger partial charge is 0.302 e. The zero-order chi connectivity index (χ0) is 8.72. The largest absolute Gasteiger partial charge is 0.307 e. The Bertz CT molecular complexity index is 485. The third-order valence-electron chi connectivity index (χ3n) is 1.75. The molecule has 0 fully saturated rings. The van der Waals surface area contributed by atoms with Crippen LogP contribution in [0.1, 0.15) is 0 Å². The minimum atomic E-state index is 0.0484. The molecule has 0 aliphatic carbocycles. The Hall–Kier alpha value is -0.800. The molecular weight excluding hydrogens is 194 g/mol. The SMILES string of the molecule is Cn1c(=O)sc2ccc(Cl)cc21. The van der Waals surface area contributed by atoms with Crippen molar-refractivity contribution in [3.8, 4) is 0 Å². The van der Waals surface area contributed by atoms with Gasteiger partial charge in [0.15, 0.2) is 0 Å². The summed E-state index contributed by atoms with van der Waals surface area (Å²) < 4.78 is 2.58. The van der Waals surface area contributed by atoms with Crippen LogP contribution in [0.5, 0.6) is 0 Å². The first kappa shape index (κ1) is 7.83. The highest BCUT2D eigenvalue weighted by Crippen LogP contribution is 2.20. The molecule has 0 amide bonds. The van der Waals surface area contributed by atoms with E-state index in [9.17, 15) is 4.79 Å². The van der Waals surface area contributed by atoms with Gasteiger partial charge in [-0.05, 0) is 18.2 Å². The van der Waals surface area contributed by atoms with Crippen molar-refractivity contribution in [1.82, 2.24) is 4.57 Å². The quantitative estimate of drug-likeness (QED) is 0.638. The lowest BCUT2D eigenvalue weighted by Crippen LogP contribution is -2.06. The maximum atomic E-state index is 11.2. The van der Waals surface area contributed by atoms with Gasteiger partial charge in [0, 0.05) is 12.1 Å². The van der Waals surface area contributed by atoms with Crippen LogP contribution in [0.25, 0.3) is 10.2 Å². The van der Waals surface area contributed by atoms with E-state index < -0.39 is 0 Å². The highest BCUT2D eigenvalue weighted by atomic mass is 35.5. The fourth-order valence-electron chi connectivity index (χ4n) is 1.10. The van der Waals surface area contributed by atoms with E-state index in [0.717, 1.165) is 10.2 Å². The van der Waals surface area contributed by atoms with Crippen molar-refractivity contribution in [2.75, 3.05) is 0 Å². The fraction of sp³-hybridized carbons (Fsp3) is 0.125. The van der Waals surface area contributed by atoms with Crippen molar-refractivity contribution in [2.24, 2.45) is 7.05 Å². The lowest BCUT2D eigenvalue weighted by Gasteiger charge is -1.93. The standard InChI is InChI=1S/C8H6ClNOS/c1-10-6-4-5(9)2-3-7(6)12-8(10)11/h2-4H,1H3. The Morgan fingerprint density at radius 1 is 1.50 bits per heavy atom. The van der Waals surface area contributed by atoms with Gasteiger partial charge in [0.2, 0.25) is 0 Å². The number of hydrogen-bond donors (Lipinski definition) is 0. The molecular formula is C8H6ClNOS. The summed E-state index contributed by atoms with van der Waals surface area (Å²) in [6.45, 7) is 0. The van der Waals surface area contributed by atoms with Crippen LogP contribution in [0, 0.1) is 0 Å². The van der Waals surface area contributed by atoms with Crippen LogP contribution in [-0.4, -0.2) is 4.57 Å². The minimum Gasteiger partial charge on any atom is -0.302 e. The maximum Gasteiger partial charge on any atom is 0.307 e. The normalized spacial score (nSPS) is 10.8. The lowest BCUT2D eigenvalue weighted by atomic mass is 10.3. The molecule has 0 saturated heterocycles. The average Bonchev–Trinajstić information content (AvgIpc) is 2.31. The van der Waals surface area contributed by atoms with Crippen LogP contribution in [0.4, 0.5) is 0 Å². The molecule has 62 valence electrons. The van der Waals surface area contributed by atoms with Gasteiger partial charge >= 0.3 is 4.87 Å². The maximum absolute atomic E-state index is 11.2. The Balaban J connectivity index is 2.98. The molecule has 0 radical (unpaired) electrons. The number of halogens is 1. The van der Waals surface area contributed by atoms with E-state index >= 15 is 0 Å². The highest BCUT2D eigenvalue weighted by molar-refractivity contribution is 7.16. The van der Waals surface area contributed by atoms with E-state index in [1.807, 2.05) is 6.07 Å². The van der Waals surface area contributed by atoms with E-state index in [1.54, 1.807) is 23.7 Å². The van der Waals surface area contributed by atoms with Gasteiger partial charge in [-0.1, -0.05) is 22.9 Å². The summed E-state index contributed by atoms with van der Waals surface area (Å²) >= 11 is 7.03. The Morgan fingerprint density at radius 3 is 3.00 bits per heavy atom. The number of nitrogens with zero attached hydrogens (tertiary/aromatic N) is 1. The molecule has 1 aromatic heterocycles. The van der Waals surface area contributed by atoms with Gasteiger partial charge in [0.25, 0.3) is 0 Å². The molecule has 0 aliphatic heterocycles. The molecule has 2 rings (SSSR count). The first-order valence-corrected chi connectivity index (χ1v) is 4.63. The number of aryl methyl sites for hydroxylation is 1. The topological polar surface area (TPSA) is 22.0 Å². The fourth-order valence-corrected chi connectivity index (χ4v) is 2.13. The molecule has 1 heterocycles. The molecule has 0 saturated carbocycles. The molecule has 0 unspecified atom stereocenters. The summed E-state index contributed by atoms with van der Waals surface area (Å²) in [7, 11) is 1.75. The van der Waals surface area contributed by atoms with E-state index in [0.29, 0.717) is 5.02 Å². The van der Waals surface area contributed by atoms with Crippen LogP contribution in [-0.2, 0) is 7.05 Å². The van der Waals surface area contributed by atoms with Gasteiger partial charge in [0.1, 0.15) is 0 Å². The van der Waals surface area contributed by atoms with Crippen molar-refractivity contribution in [3.63, 3.8) is 0 Å². The molecule has 0 atom stereocenters. The van der Waals surface area contributed by atoms with E-state index in [2.05, 4.69) is 0 Å². The molecule has 4 heteroatoms. The first-order chi connectivity index (χ1) is 5.68. The van der Waals surface area contributed by atoms with Crippen LogP contribution in [0.15, 0.2) is 23.0 Å². The molecule has 0 spiro atoms. The molecule has 2 aromatic rings. The second kappa shape index (κ2) is 2.61. The van der Waals surface area contributed by atoms with E-state index in [1.165, 1.54) is 11.3 Å². The van der Waals surface area contributed by atoms with Crippen molar-refractivity contribution in [2.45, 2.75) is 0 Å². The van der Waals surface area contributed by atoms with Gasteiger partial charge in [0.05, 0.1) is 10.2 Å². The number of benzene rings is 1. The van der Waals surface area contributed by atoms with Gasteiger partial charge in [-0.25, -0.2) is 0 Å². The minimum absolute atomic E-state index is 0.0484. The van der Waals surface area contributed by atoms with Crippen LogP contribution >= 0.6 is 22.9 Å². The molecule has 2 nitrogen and oxygen atoms in total. The third-order valence-corrected chi connectivity index (χ3v) is 3.00. The van der Waals surface area contributed by atoms with Gasteiger partial charge in [-0.3, -0.25) is 4.79 Å². The van der Waals surface area contributed by atoms with Crippen LogP contribution in [0.2, 0.25) is 5.02 Å². The highest BCUT2D eigenvalue weighted by Gasteiger charge is 2.02. The summed E-state index contributed by atoms with van der Waals surface area (Å²) in [5.41, 5.74) is 0.900. The molecule has 0 N–H and O–H groups in total. The first-order valence-electron chi connectivity index (χ1n) is 3.43. The number of rotatable bonds is 0. The van der Waals surface area contributed by atoms with Gasteiger partial charge < -0.3 is 4.57 Å². The Morgan fingerprint density at radius 2 is 2.25 bits per heavy atom. The number of aromatic nitrogens is 1. The second-order valence-electron chi connectivity index (χ2n) is 2.54.